The summed E-state index contributed by atoms with van der Waals surface area (Å²) in [5, 5.41) is 19.4. The fourth-order valence-electron chi connectivity index (χ4n) is 4.24. The van der Waals surface area contributed by atoms with Crippen LogP contribution in [0.2, 0.25) is 0 Å². The third kappa shape index (κ3) is 5.41. The highest BCUT2D eigenvalue weighted by Gasteiger charge is 2.20. The molecule has 0 saturated carbocycles. The summed E-state index contributed by atoms with van der Waals surface area (Å²) in [7, 11) is -1.88. The molecule has 0 spiro atoms. The van der Waals surface area contributed by atoms with Crippen LogP contribution in [-0.4, -0.2) is 57.6 Å². The van der Waals surface area contributed by atoms with Gasteiger partial charge >= 0.3 is 0 Å². The molecule has 180 valence electrons. The fourth-order valence-corrected chi connectivity index (χ4v) is 4.98. The van der Waals surface area contributed by atoms with E-state index in [-0.39, 0.29) is 12.4 Å². The van der Waals surface area contributed by atoms with Crippen LogP contribution >= 0.6 is 0 Å². The second-order valence-corrected chi connectivity index (χ2v) is 10.1. The van der Waals surface area contributed by atoms with E-state index in [1.54, 1.807) is 24.3 Å². The van der Waals surface area contributed by atoms with E-state index in [9.17, 15) is 8.42 Å². The minimum Gasteiger partial charge on any atom is -0.409 e. The molecule has 0 aromatic heterocycles. The Balaban J connectivity index is 1.60. The van der Waals surface area contributed by atoms with Crippen molar-refractivity contribution >= 4 is 38.2 Å². The first kappa shape index (κ1) is 23.8. The van der Waals surface area contributed by atoms with Crippen LogP contribution in [-0.2, 0) is 16.8 Å². The molecule has 4 rings (SSSR count). The van der Waals surface area contributed by atoms with Crippen LogP contribution < -0.4 is 20.1 Å². The molecule has 1 aliphatic heterocycles. The van der Waals surface area contributed by atoms with Gasteiger partial charge in [0.05, 0.1) is 12.2 Å². The van der Waals surface area contributed by atoms with Crippen LogP contribution in [0.1, 0.15) is 17.5 Å². The quantitative estimate of drug-likeness (QED) is 0.214. The van der Waals surface area contributed by atoms with Crippen molar-refractivity contribution in [2.75, 3.05) is 42.4 Å². The molecule has 0 radical (unpaired) electrons. The number of fused-ring (bicyclic) bond motifs is 1. The molecule has 0 unspecified atom stereocenters. The Morgan fingerprint density at radius 3 is 2.44 bits per heavy atom. The highest BCUT2D eigenvalue weighted by atomic mass is 32.2. The zero-order chi connectivity index (χ0) is 24.3. The Labute approximate surface area is 200 Å². The fraction of sp³-hybridized carbons (Fsp3) is 0.292. The lowest BCUT2D eigenvalue weighted by Gasteiger charge is -2.25. The van der Waals surface area contributed by atoms with Gasteiger partial charge in [0.1, 0.15) is 0 Å². The van der Waals surface area contributed by atoms with Crippen LogP contribution in [0.4, 0.5) is 11.4 Å². The molecule has 0 atom stereocenters. The van der Waals surface area contributed by atoms with E-state index in [0.29, 0.717) is 11.3 Å². The van der Waals surface area contributed by atoms with Gasteiger partial charge in [0.15, 0.2) is 5.84 Å². The van der Waals surface area contributed by atoms with Crippen molar-refractivity contribution in [2.45, 2.75) is 13.0 Å². The number of rotatable bonds is 6. The number of amidine groups is 1. The summed E-state index contributed by atoms with van der Waals surface area (Å²) in [5.74, 6) is 0.00890. The van der Waals surface area contributed by atoms with Crippen LogP contribution in [0.3, 0.4) is 0 Å². The molecule has 3 aromatic rings. The summed E-state index contributed by atoms with van der Waals surface area (Å²) in [5.41, 5.74) is 8.61. The normalized spacial score (nSPS) is 15.9. The molecular weight excluding hydrogens is 452 g/mol. The standard InChI is InChI=1S/C24H30N6O3S/c1-28-11-2-12-29(14-13-28)22-7-9-23(10-8-22)30(34(26,32)33)17-18-3-4-19-5-6-20(24(25)27-31)16-21(19)15-18/h3-10,15-16,31H,2,11-14,17H2,1H3,(H2,25,27)(H2,26,32,33). The average Bonchev–Trinajstić information content (AvgIpc) is 3.05. The zero-order valence-corrected chi connectivity index (χ0v) is 19.9. The summed E-state index contributed by atoms with van der Waals surface area (Å²) in [6.45, 7) is 4.04. The third-order valence-corrected chi connectivity index (χ3v) is 7.12. The number of nitrogens with two attached hydrogens (primary N) is 2. The molecule has 1 heterocycles. The number of hydrogen-bond donors (Lipinski definition) is 3. The zero-order valence-electron chi connectivity index (χ0n) is 19.1. The number of nitrogens with zero attached hydrogens (tertiary/aromatic N) is 4. The second kappa shape index (κ2) is 9.88. The van der Waals surface area contributed by atoms with Crippen molar-refractivity contribution in [3.8, 4) is 0 Å². The van der Waals surface area contributed by atoms with Gasteiger partial charge in [-0.05, 0) is 72.7 Å². The lowest BCUT2D eigenvalue weighted by molar-refractivity contribution is 0.318. The summed E-state index contributed by atoms with van der Waals surface area (Å²) >= 11 is 0. The van der Waals surface area contributed by atoms with Gasteiger partial charge in [0.2, 0.25) is 0 Å². The smallest absolute Gasteiger partial charge is 0.299 e. The van der Waals surface area contributed by atoms with E-state index in [4.69, 9.17) is 16.1 Å². The van der Waals surface area contributed by atoms with Crippen LogP contribution in [0.5, 0.6) is 0 Å². The summed E-state index contributed by atoms with van der Waals surface area (Å²) in [6, 6.07) is 18.6. The Morgan fingerprint density at radius 2 is 1.74 bits per heavy atom. The van der Waals surface area contributed by atoms with Gasteiger partial charge in [-0.3, -0.25) is 4.31 Å². The maximum absolute atomic E-state index is 12.5. The topological polar surface area (TPSA) is 128 Å². The molecular formula is C24H30N6O3S. The molecule has 1 fully saturated rings. The van der Waals surface area contributed by atoms with Gasteiger partial charge in [-0.25, -0.2) is 5.14 Å². The molecule has 1 aliphatic rings. The number of likely N-dealkylation sites (N-methyl/N-ethyl adjacent to an activating group) is 1. The second-order valence-electron chi connectivity index (χ2n) is 8.59. The highest BCUT2D eigenvalue weighted by molar-refractivity contribution is 7.90. The molecule has 10 heteroatoms. The van der Waals surface area contributed by atoms with Gasteiger partial charge in [-0.1, -0.05) is 29.4 Å². The maximum Gasteiger partial charge on any atom is 0.299 e. The average molecular weight is 483 g/mol. The van der Waals surface area contributed by atoms with Crippen molar-refractivity contribution in [3.05, 3.63) is 71.8 Å². The Hall–Kier alpha value is -3.34. The van der Waals surface area contributed by atoms with E-state index in [1.165, 1.54) is 4.31 Å². The maximum atomic E-state index is 12.5. The first-order valence-corrected chi connectivity index (χ1v) is 12.6. The first-order valence-electron chi connectivity index (χ1n) is 11.1. The van der Waals surface area contributed by atoms with Crippen molar-refractivity contribution in [3.63, 3.8) is 0 Å². The third-order valence-electron chi connectivity index (χ3n) is 6.16. The number of hydrogen-bond acceptors (Lipinski definition) is 6. The first-order chi connectivity index (χ1) is 16.2. The predicted octanol–water partition coefficient (Wildman–Crippen LogP) is 2.29. The monoisotopic (exact) mass is 482 g/mol. The van der Waals surface area contributed by atoms with Crippen molar-refractivity contribution < 1.29 is 13.6 Å². The lowest BCUT2D eigenvalue weighted by Crippen LogP contribution is -2.36. The Bertz CT molecular complexity index is 1290. The summed E-state index contributed by atoms with van der Waals surface area (Å²) in [6.07, 6.45) is 1.08. The lowest BCUT2D eigenvalue weighted by atomic mass is 10.0. The Kier molecular flexibility index (Phi) is 6.92. The van der Waals surface area contributed by atoms with Crippen LogP contribution in [0.15, 0.2) is 65.8 Å². The molecule has 3 aromatic carbocycles. The van der Waals surface area contributed by atoms with Crippen LogP contribution in [0.25, 0.3) is 10.8 Å². The van der Waals surface area contributed by atoms with Gasteiger partial charge < -0.3 is 20.7 Å². The van der Waals surface area contributed by atoms with Gasteiger partial charge in [0.25, 0.3) is 10.2 Å². The summed E-state index contributed by atoms with van der Waals surface area (Å²) < 4.78 is 26.2. The largest absolute Gasteiger partial charge is 0.409 e. The van der Waals surface area contributed by atoms with E-state index >= 15 is 0 Å². The van der Waals surface area contributed by atoms with Gasteiger partial charge in [-0.15, -0.1) is 0 Å². The molecule has 34 heavy (non-hydrogen) atoms. The predicted molar refractivity (Wildman–Crippen MR) is 137 cm³/mol. The van der Waals surface area contributed by atoms with Crippen molar-refractivity contribution in [1.82, 2.24) is 4.90 Å². The minimum atomic E-state index is -4.00. The number of anilines is 2. The van der Waals surface area contributed by atoms with E-state index in [2.05, 4.69) is 22.0 Å². The SMILES string of the molecule is CN1CCCN(c2ccc(N(Cc3ccc4ccc(/C(N)=N/O)cc4c3)S(N)(=O)=O)cc2)CC1. The van der Waals surface area contributed by atoms with Crippen LogP contribution in [0, 0.1) is 0 Å². The van der Waals surface area contributed by atoms with Gasteiger partial charge in [0, 0.05) is 30.9 Å². The van der Waals surface area contributed by atoms with E-state index in [0.717, 1.165) is 54.6 Å². The van der Waals surface area contributed by atoms with Gasteiger partial charge in [-0.2, -0.15) is 8.42 Å². The molecule has 9 nitrogen and oxygen atoms in total. The molecule has 0 bridgehead atoms. The molecule has 1 saturated heterocycles. The number of benzene rings is 3. The molecule has 0 aliphatic carbocycles. The minimum absolute atomic E-state index is 0.00890. The van der Waals surface area contributed by atoms with E-state index in [1.807, 2.05) is 36.4 Å². The molecule has 0 amide bonds. The van der Waals surface area contributed by atoms with Crippen molar-refractivity contribution in [1.29, 1.82) is 0 Å². The summed E-state index contributed by atoms with van der Waals surface area (Å²) in [4.78, 5) is 4.63. The molecule has 5 N–H and O–H groups in total. The van der Waals surface area contributed by atoms with E-state index < -0.39 is 10.2 Å². The highest BCUT2D eigenvalue weighted by Crippen LogP contribution is 2.26. The Morgan fingerprint density at radius 1 is 1.00 bits per heavy atom. The van der Waals surface area contributed by atoms with Crippen molar-refractivity contribution in [2.24, 2.45) is 16.0 Å². The number of oxime groups is 1.